The van der Waals surface area contributed by atoms with E-state index in [0.717, 1.165) is 11.1 Å². The fraction of sp³-hybridized carbons (Fsp3) is 0.192. The van der Waals surface area contributed by atoms with Crippen LogP contribution in [0.5, 0.6) is 5.75 Å². The second kappa shape index (κ2) is 14.1. The minimum atomic E-state index is -1.82. The van der Waals surface area contributed by atoms with Crippen molar-refractivity contribution in [3.05, 3.63) is 102 Å². The molecule has 0 spiro atoms. The summed E-state index contributed by atoms with van der Waals surface area (Å²) in [5, 5.41) is 21.0. The molecule has 1 unspecified atom stereocenters. The summed E-state index contributed by atoms with van der Waals surface area (Å²) in [5.41, 5.74) is 2.03. The normalized spacial score (nSPS) is 11.1. The summed E-state index contributed by atoms with van der Waals surface area (Å²) < 4.78 is 19.0. The molecule has 0 radical (unpaired) electrons. The van der Waals surface area contributed by atoms with Crippen molar-refractivity contribution in [1.29, 1.82) is 0 Å². The lowest BCUT2D eigenvalue weighted by Crippen LogP contribution is -2.44. The molecule has 0 aliphatic heterocycles. The molecule has 184 valence electrons. The zero-order valence-corrected chi connectivity index (χ0v) is 19.1. The number of rotatable bonds is 9. The maximum Gasteiger partial charge on any atom is 0.414 e. The predicted octanol–water partition coefficient (Wildman–Crippen LogP) is 3.24. The van der Waals surface area contributed by atoms with E-state index < -0.39 is 23.8 Å². The first-order chi connectivity index (χ1) is 16.8. The number of nitrogens with one attached hydrogen (secondary N) is 2. The monoisotopic (exact) mass is 482 g/mol. The summed E-state index contributed by atoms with van der Waals surface area (Å²) in [6.45, 7) is 2.48. The SMILES string of the molecule is CC(NCCOc1ccccc1F)C(=O)NC(c1ccccc1)c1ccccc1.O=C(O)C(=O)O. The Morgan fingerprint density at radius 3 is 1.80 bits per heavy atom. The van der Waals surface area contributed by atoms with Gasteiger partial charge in [-0.1, -0.05) is 72.8 Å². The van der Waals surface area contributed by atoms with Gasteiger partial charge in [0.05, 0.1) is 12.1 Å². The van der Waals surface area contributed by atoms with Gasteiger partial charge < -0.3 is 25.6 Å². The number of carboxylic acid groups (broad SMARTS) is 2. The van der Waals surface area contributed by atoms with Crippen LogP contribution in [0.25, 0.3) is 0 Å². The summed E-state index contributed by atoms with van der Waals surface area (Å²) in [6.07, 6.45) is 0. The summed E-state index contributed by atoms with van der Waals surface area (Å²) in [6, 6.07) is 25.3. The molecule has 1 atom stereocenters. The van der Waals surface area contributed by atoms with Crippen molar-refractivity contribution in [2.24, 2.45) is 0 Å². The molecule has 3 rings (SSSR count). The number of benzene rings is 3. The second-order valence-corrected chi connectivity index (χ2v) is 7.33. The third kappa shape index (κ3) is 9.26. The van der Waals surface area contributed by atoms with Crippen LogP contribution in [0.4, 0.5) is 4.39 Å². The Kier molecular flexibility index (Phi) is 10.9. The summed E-state index contributed by atoms with van der Waals surface area (Å²) in [5.74, 6) is -3.95. The van der Waals surface area contributed by atoms with Gasteiger partial charge in [-0.05, 0) is 30.2 Å². The Labute approximate surface area is 202 Å². The number of hydrogen-bond donors (Lipinski definition) is 4. The Hall–Kier alpha value is -4.24. The number of carbonyl (C=O) groups excluding carboxylic acids is 1. The Bertz CT molecular complexity index is 1040. The van der Waals surface area contributed by atoms with Crippen molar-refractivity contribution < 1.29 is 33.7 Å². The van der Waals surface area contributed by atoms with E-state index in [0.29, 0.717) is 6.54 Å². The first kappa shape index (κ1) is 27.0. The molecule has 4 N–H and O–H groups in total. The van der Waals surface area contributed by atoms with Gasteiger partial charge in [0.15, 0.2) is 11.6 Å². The van der Waals surface area contributed by atoms with Crippen LogP contribution in [0, 0.1) is 5.82 Å². The molecule has 0 aliphatic carbocycles. The van der Waals surface area contributed by atoms with E-state index in [1.54, 1.807) is 25.1 Å². The fourth-order valence-corrected chi connectivity index (χ4v) is 3.01. The molecule has 0 aliphatic rings. The highest BCUT2D eigenvalue weighted by Gasteiger charge is 2.20. The van der Waals surface area contributed by atoms with Gasteiger partial charge in [0, 0.05) is 6.54 Å². The topological polar surface area (TPSA) is 125 Å². The van der Waals surface area contributed by atoms with Crippen molar-refractivity contribution in [3.63, 3.8) is 0 Å². The zero-order valence-electron chi connectivity index (χ0n) is 19.1. The Balaban J connectivity index is 0.000000641. The molecule has 0 saturated heterocycles. The highest BCUT2D eigenvalue weighted by atomic mass is 19.1. The number of ether oxygens (including phenoxy) is 1. The first-order valence-electron chi connectivity index (χ1n) is 10.8. The van der Waals surface area contributed by atoms with E-state index >= 15 is 0 Å². The number of halogens is 1. The summed E-state index contributed by atoms with van der Waals surface area (Å²) in [4.78, 5) is 30.9. The summed E-state index contributed by atoms with van der Waals surface area (Å²) >= 11 is 0. The van der Waals surface area contributed by atoms with Crippen LogP contribution in [0.1, 0.15) is 24.1 Å². The van der Waals surface area contributed by atoms with Gasteiger partial charge in [-0.15, -0.1) is 0 Å². The molecule has 1 amide bonds. The maximum absolute atomic E-state index is 13.6. The van der Waals surface area contributed by atoms with E-state index in [9.17, 15) is 9.18 Å². The first-order valence-corrected chi connectivity index (χ1v) is 10.8. The van der Waals surface area contributed by atoms with Crippen LogP contribution in [0.15, 0.2) is 84.9 Å². The lowest BCUT2D eigenvalue weighted by Gasteiger charge is -2.22. The fourth-order valence-electron chi connectivity index (χ4n) is 3.01. The Morgan fingerprint density at radius 1 is 0.829 bits per heavy atom. The molecule has 3 aromatic rings. The Morgan fingerprint density at radius 2 is 1.31 bits per heavy atom. The van der Waals surface area contributed by atoms with Crippen molar-refractivity contribution in [2.75, 3.05) is 13.2 Å². The molecular weight excluding hydrogens is 455 g/mol. The van der Waals surface area contributed by atoms with Crippen molar-refractivity contribution >= 4 is 17.8 Å². The van der Waals surface area contributed by atoms with Gasteiger partial charge >= 0.3 is 11.9 Å². The van der Waals surface area contributed by atoms with E-state index in [4.69, 9.17) is 24.5 Å². The number of carboxylic acids is 2. The van der Waals surface area contributed by atoms with Crippen LogP contribution >= 0.6 is 0 Å². The standard InChI is InChI=1S/C24H25FN2O2.C2H2O4/c1-18(26-16-17-29-22-15-9-8-14-21(22)25)24(28)27-23(19-10-4-2-5-11-19)20-12-6-3-7-13-20;3-1(4)2(5)6/h2-15,18,23,26H,16-17H2,1H3,(H,27,28);(H,3,4)(H,5,6). The number of para-hydroxylation sites is 1. The third-order valence-corrected chi connectivity index (χ3v) is 4.78. The molecule has 0 saturated carbocycles. The van der Waals surface area contributed by atoms with Crippen LogP contribution in [-0.2, 0) is 14.4 Å². The van der Waals surface area contributed by atoms with E-state index in [1.165, 1.54) is 6.07 Å². The molecule has 0 bridgehead atoms. The largest absolute Gasteiger partial charge is 0.489 e. The molecule has 8 nitrogen and oxygen atoms in total. The average molecular weight is 483 g/mol. The molecule has 0 aromatic heterocycles. The van der Waals surface area contributed by atoms with Gasteiger partial charge in [-0.2, -0.15) is 0 Å². The van der Waals surface area contributed by atoms with Gasteiger partial charge in [0.25, 0.3) is 0 Å². The summed E-state index contributed by atoms with van der Waals surface area (Å²) in [7, 11) is 0. The number of amides is 1. The second-order valence-electron chi connectivity index (χ2n) is 7.33. The third-order valence-electron chi connectivity index (χ3n) is 4.78. The highest BCUT2D eigenvalue weighted by Crippen LogP contribution is 2.21. The van der Waals surface area contributed by atoms with Crippen molar-refractivity contribution in [3.8, 4) is 5.75 Å². The minimum Gasteiger partial charge on any atom is -0.489 e. The highest BCUT2D eigenvalue weighted by molar-refractivity contribution is 6.27. The zero-order chi connectivity index (χ0) is 25.6. The molecule has 35 heavy (non-hydrogen) atoms. The van der Waals surface area contributed by atoms with Gasteiger partial charge in [0.1, 0.15) is 6.61 Å². The van der Waals surface area contributed by atoms with Gasteiger partial charge in [-0.25, -0.2) is 14.0 Å². The van der Waals surface area contributed by atoms with Crippen LogP contribution < -0.4 is 15.4 Å². The number of hydrogen-bond acceptors (Lipinski definition) is 5. The van der Waals surface area contributed by atoms with Crippen LogP contribution in [0.3, 0.4) is 0 Å². The van der Waals surface area contributed by atoms with E-state index in [2.05, 4.69) is 10.6 Å². The predicted molar refractivity (Wildman–Crippen MR) is 128 cm³/mol. The lowest BCUT2D eigenvalue weighted by atomic mass is 9.98. The van der Waals surface area contributed by atoms with Crippen molar-refractivity contribution in [1.82, 2.24) is 10.6 Å². The minimum absolute atomic E-state index is 0.117. The van der Waals surface area contributed by atoms with Crippen molar-refractivity contribution in [2.45, 2.75) is 19.0 Å². The molecule has 0 heterocycles. The van der Waals surface area contributed by atoms with Crippen LogP contribution in [-0.4, -0.2) is 47.3 Å². The van der Waals surface area contributed by atoms with E-state index in [-0.39, 0.29) is 24.3 Å². The van der Waals surface area contributed by atoms with Gasteiger partial charge in [0.2, 0.25) is 5.91 Å². The maximum atomic E-state index is 13.6. The quantitative estimate of drug-likeness (QED) is 0.273. The van der Waals surface area contributed by atoms with E-state index in [1.807, 2.05) is 60.7 Å². The molecule has 0 fully saturated rings. The van der Waals surface area contributed by atoms with Crippen LogP contribution in [0.2, 0.25) is 0 Å². The molecule has 3 aromatic carbocycles. The smallest absolute Gasteiger partial charge is 0.414 e. The van der Waals surface area contributed by atoms with Gasteiger partial charge in [-0.3, -0.25) is 4.79 Å². The molecule has 9 heteroatoms. The number of carbonyl (C=O) groups is 3. The average Bonchev–Trinajstić information content (AvgIpc) is 2.87. The lowest BCUT2D eigenvalue weighted by molar-refractivity contribution is -0.159. The molecular formula is C26H27FN2O6. The number of aliphatic carboxylic acids is 2.